The van der Waals surface area contributed by atoms with Crippen molar-refractivity contribution in [2.24, 2.45) is 0 Å². The zero-order valence-corrected chi connectivity index (χ0v) is 12.2. The predicted molar refractivity (Wildman–Crippen MR) is 81.0 cm³/mol. The first-order chi connectivity index (χ1) is 9.33. The van der Waals surface area contributed by atoms with Crippen molar-refractivity contribution in [2.45, 2.75) is 39.2 Å². The number of ether oxygens (including phenoxy) is 1. The summed E-state index contributed by atoms with van der Waals surface area (Å²) in [5, 5.41) is 3.65. The molecule has 0 saturated carbocycles. The molecule has 19 heavy (non-hydrogen) atoms. The molecular formula is C16H26N2O. The molecule has 1 fully saturated rings. The molecule has 0 radical (unpaired) electrons. The van der Waals surface area contributed by atoms with Crippen molar-refractivity contribution < 1.29 is 4.74 Å². The van der Waals surface area contributed by atoms with Gasteiger partial charge in [-0.25, -0.2) is 0 Å². The van der Waals surface area contributed by atoms with Gasteiger partial charge in [0.2, 0.25) is 0 Å². The summed E-state index contributed by atoms with van der Waals surface area (Å²) < 4.78 is 5.80. The number of likely N-dealkylation sites (tertiary alicyclic amines) is 1. The van der Waals surface area contributed by atoms with Gasteiger partial charge in [0.05, 0.1) is 12.3 Å². The summed E-state index contributed by atoms with van der Waals surface area (Å²) in [5.41, 5.74) is 1.14. The highest BCUT2D eigenvalue weighted by molar-refractivity contribution is 5.56. The highest BCUT2D eigenvalue weighted by Crippen LogP contribution is 2.26. The zero-order valence-electron chi connectivity index (χ0n) is 12.2. The number of anilines is 1. The van der Waals surface area contributed by atoms with Crippen molar-refractivity contribution in [1.29, 1.82) is 0 Å². The highest BCUT2D eigenvalue weighted by atomic mass is 16.5. The Morgan fingerprint density at radius 1 is 1.21 bits per heavy atom. The summed E-state index contributed by atoms with van der Waals surface area (Å²) in [6.45, 7) is 8.73. The predicted octanol–water partition coefficient (Wildman–Crippen LogP) is 3.37. The summed E-state index contributed by atoms with van der Waals surface area (Å²) >= 11 is 0. The van der Waals surface area contributed by atoms with Crippen LogP contribution in [0.1, 0.15) is 33.1 Å². The van der Waals surface area contributed by atoms with E-state index in [2.05, 4.69) is 42.3 Å². The van der Waals surface area contributed by atoms with Crippen molar-refractivity contribution in [2.75, 3.05) is 31.6 Å². The Kier molecular flexibility index (Phi) is 5.52. The second kappa shape index (κ2) is 7.39. The van der Waals surface area contributed by atoms with Gasteiger partial charge in [-0.2, -0.15) is 0 Å². The second-order valence-electron chi connectivity index (χ2n) is 5.20. The fourth-order valence-corrected chi connectivity index (χ4v) is 2.54. The van der Waals surface area contributed by atoms with Crippen LogP contribution in [-0.4, -0.2) is 37.2 Å². The summed E-state index contributed by atoms with van der Waals surface area (Å²) in [4.78, 5) is 2.51. The van der Waals surface area contributed by atoms with Gasteiger partial charge in [0, 0.05) is 19.1 Å². The summed E-state index contributed by atoms with van der Waals surface area (Å²) in [5.74, 6) is 0.988. The summed E-state index contributed by atoms with van der Waals surface area (Å²) in [6.07, 6.45) is 3.48. The van der Waals surface area contributed by atoms with Gasteiger partial charge in [0.1, 0.15) is 5.75 Å². The number of nitrogens with zero attached hydrogens (tertiary/aromatic N) is 1. The first-order valence-electron chi connectivity index (χ1n) is 7.54. The molecule has 3 nitrogen and oxygen atoms in total. The zero-order chi connectivity index (χ0) is 13.5. The Morgan fingerprint density at radius 3 is 2.63 bits per heavy atom. The molecule has 0 amide bonds. The maximum atomic E-state index is 5.80. The van der Waals surface area contributed by atoms with E-state index in [1.807, 2.05) is 6.07 Å². The summed E-state index contributed by atoms with van der Waals surface area (Å²) in [6, 6.07) is 8.86. The van der Waals surface area contributed by atoms with Crippen LogP contribution in [0.5, 0.6) is 5.75 Å². The van der Waals surface area contributed by atoms with Crippen molar-refractivity contribution in [3.63, 3.8) is 0 Å². The van der Waals surface area contributed by atoms with E-state index >= 15 is 0 Å². The lowest BCUT2D eigenvalue weighted by Crippen LogP contribution is -2.38. The second-order valence-corrected chi connectivity index (χ2v) is 5.20. The number of rotatable bonds is 6. The molecule has 1 aliphatic rings. The van der Waals surface area contributed by atoms with E-state index in [1.165, 1.54) is 32.5 Å². The molecule has 0 unspecified atom stereocenters. The van der Waals surface area contributed by atoms with E-state index < -0.39 is 0 Å². The molecule has 1 aliphatic heterocycles. The van der Waals surface area contributed by atoms with Gasteiger partial charge in [0.25, 0.3) is 0 Å². The fraction of sp³-hybridized carbons (Fsp3) is 0.625. The number of hydrogen-bond donors (Lipinski definition) is 1. The van der Waals surface area contributed by atoms with E-state index in [9.17, 15) is 0 Å². The maximum Gasteiger partial charge on any atom is 0.142 e. The van der Waals surface area contributed by atoms with E-state index in [0.717, 1.165) is 24.5 Å². The van der Waals surface area contributed by atoms with Crippen molar-refractivity contribution in [1.82, 2.24) is 4.90 Å². The van der Waals surface area contributed by atoms with Crippen molar-refractivity contribution >= 4 is 5.69 Å². The normalized spacial score (nSPS) is 17.4. The van der Waals surface area contributed by atoms with Crippen molar-refractivity contribution in [3.8, 4) is 5.75 Å². The largest absolute Gasteiger partial charge is 0.491 e. The van der Waals surface area contributed by atoms with Gasteiger partial charge in [-0.3, -0.25) is 0 Å². The molecule has 0 atom stereocenters. The van der Waals surface area contributed by atoms with Crippen LogP contribution < -0.4 is 10.1 Å². The third-order valence-electron chi connectivity index (χ3n) is 3.74. The van der Waals surface area contributed by atoms with Crippen LogP contribution in [0.4, 0.5) is 5.69 Å². The lowest BCUT2D eigenvalue weighted by atomic mass is 10.0. The van der Waals surface area contributed by atoms with Crippen LogP contribution in [-0.2, 0) is 0 Å². The number of nitrogens with one attached hydrogen (secondary N) is 1. The monoisotopic (exact) mass is 262 g/mol. The molecule has 1 heterocycles. The van der Waals surface area contributed by atoms with Gasteiger partial charge in [0.15, 0.2) is 0 Å². The van der Waals surface area contributed by atoms with Crippen LogP contribution >= 0.6 is 0 Å². The van der Waals surface area contributed by atoms with E-state index in [0.29, 0.717) is 6.04 Å². The Bertz CT molecular complexity index is 373. The first-order valence-corrected chi connectivity index (χ1v) is 7.54. The number of piperidine rings is 1. The lowest BCUT2D eigenvalue weighted by Gasteiger charge is -2.32. The maximum absolute atomic E-state index is 5.80. The van der Waals surface area contributed by atoms with E-state index in [-0.39, 0.29) is 0 Å². The van der Waals surface area contributed by atoms with Crippen LogP contribution in [0.15, 0.2) is 24.3 Å². The van der Waals surface area contributed by atoms with E-state index in [1.54, 1.807) is 0 Å². The first kappa shape index (κ1) is 14.2. The molecule has 0 spiro atoms. The number of para-hydroxylation sites is 2. The van der Waals surface area contributed by atoms with Crippen LogP contribution in [0.2, 0.25) is 0 Å². The quantitative estimate of drug-likeness (QED) is 0.850. The van der Waals surface area contributed by atoms with Gasteiger partial charge in [-0.15, -0.1) is 0 Å². The molecule has 1 saturated heterocycles. The van der Waals surface area contributed by atoms with Crippen molar-refractivity contribution in [3.05, 3.63) is 24.3 Å². The lowest BCUT2D eigenvalue weighted by molar-refractivity contribution is 0.229. The Labute approximate surface area is 116 Å². The molecule has 2 rings (SSSR count). The molecule has 0 bridgehead atoms. The van der Waals surface area contributed by atoms with E-state index in [4.69, 9.17) is 4.74 Å². The number of hydrogen-bond acceptors (Lipinski definition) is 3. The minimum absolute atomic E-state index is 0.578. The third-order valence-corrected chi connectivity index (χ3v) is 3.74. The smallest absolute Gasteiger partial charge is 0.142 e. The fourth-order valence-electron chi connectivity index (χ4n) is 2.54. The summed E-state index contributed by atoms with van der Waals surface area (Å²) in [7, 11) is 0. The SMILES string of the molecule is CCCOc1ccccc1NC1CCN(CC)CC1. The Hall–Kier alpha value is -1.22. The minimum Gasteiger partial charge on any atom is -0.491 e. The molecule has 1 aromatic rings. The Balaban J connectivity index is 1.91. The van der Waals surface area contributed by atoms with Crippen LogP contribution in [0.3, 0.4) is 0 Å². The molecule has 3 heteroatoms. The average Bonchev–Trinajstić information content (AvgIpc) is 2.47. The van der Waals surface area contributed by atoms with Gasteiger partial charge in [-0.1, -0.05) is 26.0 Å². The topological polar surface area (TPSA) is 24.5 Å². The van der Waals surface area contributed by atoms with Gasteiger partial charge in [-0.05, 0) is 37.9 Å². The number of benzene rings is 1. The van der Waals surface area contributed by atoms with Gasteiger partial charge >= 0.3 is 0 Å². The molecular weight excluding hydrogens is 236 g/mol. The van der Waals surface area contributed by atoms with Gasteiger partial charge < -0.3 is 15.0 Å². The highest BCUT2D eigenvalue weighted by Gasteiger charge is 2.18. The molecule has 1 aromatic carbocycles. The molecule has 0 aromatic heterocycles. The Morgan fingerprint density at radius 2 is 1.95 bits per heavy atom. The average molecular weight is 262 g/mol. The molecule has 1 N–H and O–H groups in total. The standard InChI is InChI=1S/C16H26N2O/c1-3-13-19-16-8-6-5-7-15(16)17-14-9-11-18(4-2)12-10-14/h5-8,14,17H,3-4,9-13H2,1-2H3. The van der Waals surface area contributed by atoms with Crippen LogP contribution in [0, 0.1) is 0 Å². The molecule has 106 valence electrons. The molecule has 0 aliphatic carbocycles. The minimum atomic E-state index is 0.578. The van der Waals surface area contributed by atoms with Crippen LogP contribution in [0.25, 0.3) is 0 Å². The third kappa shape index (κ3) is 4.13.